The molecule has 0 heterocycles. The smallest absolute Gasteiger partial charge is 0.309 e. The van der Waals surface area contributed by atoms with Crippen LogP contribution in [-0.4, -0.2) is 36.5 Å². The molecule has 0 saturated carbocycles. The molecule has 0 unspecified atom stereocenters. The van der Waals surface area contributed by atoms with Gasteiger partial charge in [0.1, 0.15) is 0 Å². The predicted octanol–water partition coefficient (Wildman–Crippen LogP) is 2.71. The van der Waals surface area contributed by atoms with Crippen molar-refractivity contribution in [1.29, 1.82) is 0 Å². The molecule has 0 aromatic rings. The van der Waals surface area contributed by atoms with Crippen molar-refractivity contribution < 1.29 is 19.4 Å². The molecule has 4 nitrogen and oxygen atoms in total. The van der Waals surface area contributed by atoms with Gasteiger partial charge in [-0.2, -0.15) is 0 Å². The fourth-order valence-corrected chi connectivity index (χ4v) is 1.23. The zero-order valence-corrected chi connectivity index (χ0v) is 11.7. The first-order valence-corrected chi connectivity index (χ1v) is 6.10. The SMILES string of the molecule is CC(C)(C)OCCOCCCC(C)(C)C(=O)O. The zero-order chi connectivity index (χ0) is 13.5. The number of carboxylic acids is 1. The van der Waals surface area contributed by atoms with Gasteiger partial charge in [-0.25, -0.2) is 0 Å². The van der Waals surface area contributed by atoms with Crippen molar-refractivity contribution >= 4 is 5.97 Å². The molecule has 102 valence electrons. The van der Waals surface area contributed by atoms with Crippen LogP contribution in [0.5, 0.6) is 0 Å². The molecular weight excluding hydrogens is 220 g/mol. The number of carbonyl (C=O) groups is 1. The largest absolute Gasteiger partial charge is 0.481 e. The average molecular weight is 246 g/mol. The summed E-state index contributed by atoms with van der Waals surface area (Å²) in [4.78, 5) is 10.8. The van der Waals surface area contributed by atoms with Crippen molar-refractivity contribution in [2.75, 3.05) is 19.8 Å². The molecule has 0 aliphatic heterocycles. The minimum Gasteiger partial charge on any atom is -0.481 e. The number of aliphatic carboxylic acids is 1. The van der Waals surface area contributed by atoms with Gasteiger partial charge in [0.25, 0.3) is 0 Å². The highest BCUT2D eigenvalue weighted by atomic mass is 16.5. The summed E-state index contributed by atoms with van der Waals surface area (Å²) in [5, 5.41) is 8.91. The maximum atomic E-state index is 10.8. The lowest BCUT2D eigenvalue weighted by molar-refractivity contribution is -0.147. The molecule has 0 aromatic carbocycles. The van der Waals surface area contributed by atoms with Gasteiger partial charge in [0.2, 0.25) is 0 Å². The second-order valence-corrected chi connectivity index (χ2v) is 5.87. The first-order valence-electron chi connectivity index (χ1n) is 6.10. The van der Waals surface area contributed by atoms with Gasteiger partial charge < -0.3 is 14.6 Å². The third kappa shape index (κ3) is 9.12. The lowest BCUT2D eigenvalue weighted by atomic mass is 9.88. The van der Waals surface area contributed by atoms with E-state index in [1.54, 1.807) is 13.8 Å². The van der Waals surface area contributed by atoms with Crippen LogP contribution in [0.4, 0.5) is 0 Å². The second-order valence-electron chi connectivity index (χ2n) is 5.87. The van der Waals surface area contributed by atoms with E-state index in [-0.39, 0.29) is 5.60 Å². The van der Waals surface area contributed by atoms with Crippen LogP contribution in [-0.2, 0) is 14.3 Å². The van der Waals surface area contributed by atoms with Gasteiger partial charge in [-0.05, 0) is 47.5 Å². The third-order valence-corrected chi connectivity index (χ3v) is 2.43. The van der Waals surface area contributed by atoms with E-state index in [0.29, 0.717) is 26.2 Å². The Labute approximate surface area is 104 Å². The number of rotatable bonds is 8. The Bertz CT molecular complexity index is 228. The van der Waals surface area contributed by atoms with Gasteiger partial charge in [0.15, 0.2) is 0 Å². The minimum absolute atomic E-state index is 0.130. The topological polar surface area (TPSA) is 55.8 Å². The van der Waals surface area contributed by atoms with Crippen LogP contribution >= 0.6 is 0 Å². The Kier molecular flexibility index (Phi) is 6.72. The molecule has 0 radical (unpaired) electrons. The average Bonchev–Trinajstić information content (AvgIpc) is 2.14. The van der Waals surface area contributed by atoms with Crippen molar-refractivity contribution in [3.05, 3.63) is 0 Å². The summed E-state index contributed by atoms with van der Waals surface area (Å²) in [6.07, 6.45) is 1.39. The van der Waals surface area contributed by atoms with Crippen LogP contribution < -0.4 is 0 Å². The quantitative estimate of drug-likeness (QED) is 0.669. The Morgan fingerprint density at radius 1 is 1.06 bits per heavy atom. The standard InChI is InChI=1S/C13H26O4/c1-12(2,3)17-10-9-16-8-6-7-13(4,5)11(14)15/h6-10H2,1-5H3,(H,14,15). The summed E-state index contributed by atoms with van der Waals surface area (Å²) in [5.41, 5.74) is -0.792. The van der Waals surface area contributed by atoms with Crippen molar-refractivity contribution in [2.45, 2.75) is 53.1 Å². The van der Waals surface area contributed by atoms with Gasteiger partial charge in [0.05, 0.1) is 24.2 Å². The van der Waals surface area contributed by atoms with Crippen LogP contribution in [0, 0.1) is 5.41 Å². The lowest BCUT2D eigenvalue weighted by Gasteiger charge is -2.20. The van der Waals surface area contributed by atoms with Crippen LogP contribution in [0.2, 0.25) is 0 Å². The lowest BCUT2D eigenvalue weighted by Crippen LogP contribution is -2.24. The highest BCUT2D eigenvalue weighted by molar-refractivity contribution is 5.73. The van der Waals surface area contributed by atoms with Gasteiger partial charge in [-0.3, -0.25) is 4.79 Å². The van der Waals surface area contributed by atoms with Crippen LogP contribution in [0.3, 0.4) is 0 Å². The summed E-state index contributed by atoms with van der Waals surface area (Å²) >= 11 is 0. The first-order chi connectivity index (χ1) is 7.65. The van der Waals surface area contributed by atoms with Crippen LogP contribution in [0.25, 0.3) is 0 Å². The fourth-order valence-electron chi connectivity index (χ4n) is 1.23. The molecular formula is C13H26O4. The minimum atomic E-state index is -0.756. The Morgan fingerprint density at radius 2 is 1.65 bits per heavy atom. The summed E-state index contributed by atoms with van der Waals surface area (Å²) in [6, 6.07) is 0. The summed E-state index contributed by atoms with van der Waals surface area (Å²) in [6.45, 7) is 11.2. The number of hydrogen-bond donors (Lipinski definition) is 1. The van der Waals surface area contributed by atoms with E-state index in [0.717, 1.165) is 6.42 Å². The Morgan fingerprint density at radius 3 is 2.12 bits per heavy atom. The van der Waals surface area contributed by atoms with Gasteiger partial charge in [0, 0.05) is 6.61 Å². The number of hydrogen-bond acceptors (Lipinski definition) is 3. The maximum Gasteiger partial charge on any atom is 0.309 e. The maximum absolute atomic E-state index is 10.8. The van der Waals surface area contributed by atoms with Crippen LogP contribution in [0.1, 0.15) is 47.5 Å². The summed E-state index contributed by atoms with van der Waals surface area (Å²) < 4.78 is 10.9. The molecule has 0 bridgehead atoms. The van der Waals surface area contributed by atoms with Crippen LogP contribution in [0.15, 0.2) is 0 Å². The van der Waals surface area contributed by atoms with E-state index in [1.165, 1.54) is 0 Å². The Hall–Kier alpha value is -0.610. The highest BCUT2D eigenvalue weighted by Crippen LogP contribution is 2.22. The van der Waals surface area contributed by atoms with Crippen molar-refractivity contribution in [1.82, 2.24) is 0 Å². The monoisotopic (exact) mass is 246 g/mol. The zero-order valence-electron chi connectivity index (χ0n) is 11.7. The summed E-state index contributed by atoms with van der Waals surface area (Å²) in [7, 11) is 0. The fraction of sp³-hybridized carbons (Fsp3) is 0.923. The predicted molar refractivity (Wildman–Crippen MR) is 67.2 cm³/mol. The van der Waals surface area contributed by atoms with E-state index in [9.17, 15) is 4.79 Å². The van der Waals surface area contributed by atoms with Crippen molar-refractivity contribution in [3.8, 4) is 0 Å². The second kappa shape index (κ2) is 6.97. The Balaban J connectivity index is 3.45. The molecule has 0 saturated heterocycles. The molecule has 0 aromatic heterocycles. The van der Waals surface area contributed by atoms with E-state index >= 15 is 0 Å². The highest BCUT2D eigenvalue weighted by Gasteiger charge is 2.26. The molecule has 0 atom stereocenters. The van der Waals surface area contributed by atoms with Crippen molar-refractivity contribution in [2.24, 2.45) is 5.41 Å². The normalized spacial score (nSPS) is 12.8. The molecule has 0 rings (SSSR count). The molecule has 0 amide bonds. The number of ether oxygens (including phenoxy) is 2. The third-order valence-electron chi connectivity index (χ3n) is 2.43. The number of carboxylic acid groups (broad SMARTS) is 1. The van der Waals surface area contributed by atoms with Gasteiger partial charge >= 0.3 is 5.97 Å². The molecule has 0 aliphatic carbocycles. The van der Waals surface area contributed by atoms with E-state index in [2.05, 4.69) is 0 Å². The van der Waals surface area contributed by atoms with Gasteiger partial charge in [-0.15, -0.1) is 0 Å². The molecule has 0 spiro atoms. The molecule has 17 heavy (non-hydrogen) atoms. The van der Waals surface area contributed by atoms with Crippen molar-refractivity contribution in [3.63, 3.8) is 0 Å². The summed E-state index contributed by atoms with van der Waals surface area (Å²) in [5.74, 6) is -0.756. The first kappa shape index (κ1) is 16.4. The molecule has 1 N–H and O–H groups in total. The van der Waals surface area contributed by atoms with E-state index in [4.69, 9.17) is 14.6 Å². The molecule has 0 fully saturated rings. The van der Waals surface area contributed by atoms with Gasteiger partial charge in [-0.1, -0.05) is 0 Å². The van der Waals surface area contributed by atoms with E-state index in [1.807, 2.05) is 20.8 Å². The molecule has 0 aliphatic rings. The molecule has 4 heteroatoms. The van der Waals surface area contributed by atoms with E-state index < -0.39 is 11.4 Å².